The van der Waals surface area contributed by atoms with Gasteiger partial charge in [0.25, 0.3) is 0 Å². The van der Waals surface area contributed by atoms with Gasteiger partial charge in [0.1, 0.15) is 0 Å². The molecule has 70 valence electrons. The predicted molar refractivity (Wildman–Crippen MR) is 48.1 cm³/mol. The molecule has 1 saturated heterocycles. The average Bonchev–Trinajstić information content (AvgIpc) is 1.82. The van der Waals surface area contributed by atoms with Crippen molar-refractivity contribution in [3.8, 4) is 0 Å². The average molecular weight is 171 g/mol. The van der Waals surface area contributed by atoms with Crippen molar-refractivity contribution in [2.24, 2.45) is 0 Å². The lowest BCUT2D eigenvalue weighted by Crippen LogP contribution is -2.59. The standard InChI is InChI=1S/C8H17N3O/c1-6(2)9-8(12)10-7-4-11(3)5-7/h6-7H,4-5H2,1-3H3,(H2,9,10,12). The number of carbonyl (C=O) groups is 1. The number of hydrogen-bond acceptors (Lipinski definition) is 2. The highest BCUT2D eigenvalue weighted by atomic mass is 16.2. The number of urea groups is 1. The number of likely N-dealkylation sites (tertiary alicyclic amines) is 1. The molecular weight excluding hydrogens is 154 g/mol. The summed E-state index contributed by atoms with van der Waals surface area (Å²) in [6.07, 6.45) is 0. The van der Waals surface area contributed by atoms with Crippen molar-refractivity contribution < 1.29 is 4.79 Å². The van der Waals surface area contributed by atoms with Crippen LogP contribution in [-0.4, -0.2) is 43.2 Å². The molecule has 0 aliphatic carbocycles. The molecule has 1 aliphatic heterocycles. The number of likely N-dealkylation sites (N-methyl/N-ethyl adjacent to an activating group) is 1. The summed E-state index contributed by atoms with van der Waals surface area (Å²) in [5.41, 5.74) is 0. The number of nitrogens with zero attached hydrogens (tertiary/aromatic N) is 1. The fraction of sp³-hybridized carbons (Fsp3) is 0.875. The molecule has 2 N–H and O–H groups in total. The van der Waals surface area contributed by atoms with Gasteiger partial charge in [0.2, 0.25) is 0 Å². The van der Waals surface area contributed by atoms with Crippen molar-refractivity contribution in [3.63, 3.8) is 0 Å². The van der Waals surface area contributed by atoms with Gasteiger partial charge in [-0.2, -0.15) is 0 Å². The summed E-state index contributed by atoms with van der Waals surface area (Å²) < 4.78 is 0. The number of rotatable bonds is 2. The zero-order chi connectivity index (χ0) is 9.14. The van der Waals surface area contributed by atoms with Crippen molar-refractivity contribution in [1.82, 2.24) is 15.5 Å². The molecule has 0 aromatic carbocycles. The first-order valence-electron chi connectivity index (χ1n) is 4.33. The molecule has 1 heterocycles. The maximum Gasteiger partial charge on any atom is 0.315 e. The van der Waals surface area contributed by atoms with E-state index in [4.69, 9.17) is 0 Å². The van der Waals surface area contributed by atoms with E-state index < -0.39 is 0 Å². The van der Waals surface area contributed by atoms with Gasteiger partial charge in [-0.05, 0) is 20.9 Å². The second kappa shape index (κ2) is 3.76. The molecule has 4 nitrogen and oxygen atoms in total. The monoisotopic (exact) mass is 171 g/mol. The summed E-state index contributed by atoms with van der Waals surface area (Å²) in [6.45, 7) is 5.83. The maximum atomic E-state index is 11.1. The Labute approximate surface area is 73.3 Å². The van der Waals surface area contributed by atoms with Crippen LogP contribution in [0.5, 0.6) is 0 Å². The van der Waals surface area contributed by atoms with Crippen LogP contribution in [0, 0.1) is 0 Å². The molecule has 12 heavy (non-hydrogen) atoms. The Morgan fingerprint density at radius 3 is 2.50 bits per heavy atom. The van der Waals surface area contributed by atoms with Crippen LogP contribution in [0.4, 0.5) is 4.79 Å². The van der Waals surface area contributed by atoms with Crippen LogP contribution in [0.3, 0.4) is 0 Å². The van der Waals surface area contributed by atoms with E-state index in [1.165, 1.54) is 0 Å². The Morgan fingerprint density at radius 1 is 1.50 bits per heavy atom. The Hall–Kier alpha value is -0.770. The van der Waals surface area contributed by atoms with E-state index in [1.54, 1.807) is 0 Å². The highest BCUT2D eigenvalue weighted by Gasteiger charge is 2.24. The van der Waals surface area contributed by atoms with Gasteiger partial charge >= 0.3 is 6.03 Å². The highest BCUT2D eigenvalue weighted by molar-refractivity contribution is 5.74. The van der Waals surface area contributed by atoms with Gasteiger partial charge in [-0.3, -0.25) is 0 Å². The van der Waals surface area contributed by atoms with Crippen LogP contribution in [0.15, 0.2) is 0 Å². The third kappa shape index (κ3) is 2.70. The van der Waals surface area contributed by atoms with Gasteiger partial charge in [-0.25, -0.2) is 4.79 Å². The summed E-state index contributed by atoms with van der Waals surface area (Å²) in [6, 6.07) is 0.500. The summed E-state index contributed by atoms with van der Waals surface area (Å²) in [4.78, 5) is 13.3. The van der Waals surface area contributed by atoms with E-state index in [2.05, 4.69) is 15.5 Å². The summed E-state index contributed by atoms with van der Waals surface area (Å²) in [5.74, 6) is 0. The molecule has 1 aliphatic rings. The Morgan fingerprint density at radius 2 is 2.08 bits per heavy atom. The zero-order valence-corrected chi connectivity index (χ0v) is 7.92. The van der Waals surface area contributed by atoms with Crippen molar-refractivity contribution >= 4 is 6.03 Å². The normalized spacial score (nSPS) is 19.0. The number of amides is 2. The van der Waals surface area contributed by atoms with E-state index in [9.17, 15) is 4.79 Å². The molecular formula is C8H17N3O. The van der Waals surface area contributed by atoms with Gasteiger partial charge < -0.3 is 15.5 Å². The summed E-state index contributed by atoms with van der Waals surface area (Å²) in [7, 11) is 2.04. The quantitative estimate of drug-likeness (QED) is 0.614. The third-order valence-electron chi connectivity index (χ3n) is 1.82. The van der Waals surface area contributed by atoms with Gasteiger partial charge in [-0.1, -0.05) is 0 Å². The van der Waals surface area contributed by atoms with Crippen LogP contribution in [-0.2, 0) is 0 Å². The highest BCUT2D eigenvalue weighted by Crippen LogP contribution is 2.02. The smallest absolute Gasteiger partial charge is 0.315 e. The molecule has 0 radical (unpaired) electrons. The van der Waals surface area contributed by atoms with Gasteiger partial charge in [0, 0.05) is 19.1 Å². The molecule has 1 fully saturated rings. The van der Waals surface area contributed by atoms with E-state index >= 15 is 0 Å². The Bertz CT molecular complexity index is 164. The Kier molecular flexibility index (Phi) is 2.92. The topological polar surface area (TPSA) is 44.4 Å². The van der Waals surface area contributed by atoms with Crippen molar-refractivity contribution in [3.05, 3.63) is 0 Å². The molecule has 4 heteroatoms. The van der Waals surface area contributed by atoms with Crippen LogP contribution in [0.2, 0.25) is 0 Å². The summed E-state index contributed by atoms with van der Waals surface area (Å²) in [5, 5.41) is 5.67. The van der Waals surface area contributed by atoms with Crippen LogP contribution in [0.25, 0.3) is 0 Å². The molecule has 0 aromatic rings. The number of hydrogen-bond donors (Lipinski definition) is 2. The fourth-order valence-electron chi connectivity index (χ4n) is 1.28. The van der Waals surface area contributed by atoms with Gasteiger partial charge in [0.05, 0.1) is 6.04 Å². The van der Waals surface area contributed by atoms with Crippen molar-refractivity contribution in [2.45, 2.75) is 25.9 Å². The molecule has 0 spiro atoms. The van der Waals surface area contributed by atoms with Crippen LogP contribution >= 0.6 is 0 Å². The minimum atomic E-state index is -0.0527. The van der Waals surface area contributed by atoms with Crippen molar-refractivity contribution in [1.29, 1.82) is 0 Å². The van der Waals surface area contributed by atoms with Gasteiger partial charge in [-0.15, -0.1) is 0 Å². The summed E-state index contributed by atoms with van der Waals surface area (Å²) >= 11 is 0. The molecule has 1 rings (SSSR count). The minimum Gasteiger partial charge on any atom is -0.336 e. The first-order valence-corrected chi connectivity index (χ1v) is 4.33. The number of carbonyl (C=O) groups excluding carboxylic acids is 1. The van der Waals surface area contributed by atoms with E-state index in [1.807, 2.05) is 20.9 Å². The SMILES string of the molecule is CC(C)NC(=O)NC1CN(C)C1. The second-order valence-electron chi connectivity index (χ2n) is 3.69. The van der Waals surface area contributed by atoms with Crippen LogP contribution in [0.1, 0.15) is 13.8 Å². The molecule has 2 amide bonds. The predicted octanol–water partition coefficient (Wildman–Crippen LogP) is 0.00800. The lowest BCUT2D eigenvalue weighted by molar-refractivity contribution is 0.161. The van der Waals surface area contributed by atoms with E-state index in [0.29, 0.717) is 6.04 Å². The lowest BCUT2D eigenvalue weighted by Gasteiger charge is -2.36. The second-order valence-corrected chi connectivity index (χ2v) is 3.69. The Balaban J connectivity index is 2.11. The molecule has 0 atom stereocenters. The van der Waals surface area contributed by atoms with Crippen LogP contribution < -0.4 is 10.6 Å². The first kappa shape index (κ1) is 9.32. The largest absolute Gasteiger partial charge is 0.336 e. The van der Waals surface area contributed by atoms with E-state index in [-0.39, 0.29) is 12.1 Å². The number of nitrogens with one attached hydrogen (secondary N) is 2. The third-order valence-corrected chi connectivity index (χ3v) is 1.82. The van der Waals surface area contributed by atoms with E-state index in [0.717, 1.165) is 13.1 Å². The molecule has 0 bridgehead atoms. The minimum absolute atomic E-state index is 0.0527. The molecule has 0 aromatic heterocycles. The van der Waals surface area contributed by atoms with Gasteiger partial charge in [0.15, 0.2) is 0 Å². The van der Waals surface area contributed by atoms with Crippen molar-refractivity contribution in [2.75, 3.05) is 20.1 Å². The maximum absolute atomic E-state index is 11.1. The fourth-order valence-corrected chi connectivity index (χ4v) is 1.28. The first-order chi connectivity index (χ1) is 5.58. The molecule has 0 saturated carbocycles. The lowest BCUT2D eigenvalue weighted by atomic mass is 10.1. The zero-order valence-electron chi connectivity index (χ0n) is 7.92. The molecule has 0 unspecified atom stereocenters.